The second kappa shape index (κ2) is 8.15. The maximum atomic E-state index is 12.7. The number of halogens is 2. The number of rotatable bonds is 5. The van der Waals surface area contributed by atoms with E-state index in [0.717, 1.165) is 10.6 Å². The van der Waals surface area contributed by atoms with E-state index in [0.29, 0.717) is 27.0 Å². The Labute approximate surface area is 164 Å². The number of benzene rings is 2. The van der Waals surface area contributed by atoms with E-state index in [1.54, 1.807) is 41.3 Å². The lowest BCUT2D eigenvalue weighted by Crippen LogP contribution is -2.13. The highest BCUT2D eigenvalue weighted by atomic mass is 35.5. The van der Waals surface area contributed by atoms with E-state index in [9.17, 15) is 4.79 Å². The Kier molecular flexibility index (Phi) is 5.91. The van der Waals surface area contributed by atoms with Crippen molar-refractivity contribution in [3.05, 3.63) is 74.4 Å². The Morgan fingerprint density at radius 3 is 2.56 bits per heavy atom. The normalized spacial score (nSPS) is 10.6. The molecule has 0 unspecified atom stereocenters. The number of hydrogen-bond acceptors (Lipinski definition) is 4. The van der Waals surface area contributed by atoms with Crippen molar-refractivity contribution in [2.75, 3.05) is 11.1 Å². The molecule has 3 N–H and O–H groups in total. The Morgan fingerprint density at radius 1 is 1.16 bits per heavy atom. The quantitative estimate of drug-likeness (QED) is 0.391. The number of carbonyl (C=O) groups is 1. The molecule has 1 heterocycles. The van der Waals surface area contributed by atoms with Gasteiger partial charge in [-0.3, -0.25) is 4.79 Å². The largest absolute Gasteiger partial charge is 0.396 e. The second-order valence-electron chi connectivity index (χ2n) is 5.22. The van der Waals surface area contributed by atoms with Crippen LogP contribution in [0.4, 0.5) is 11.4 Å². The number of thioether (sulfide) groups is 1. The molecule has 3 rings (SSSR count). The van der Waals surface area contributed by atoms with Crippen LogP contribution >= 0.6 is 46.3 Å². The Hall–Kier alpha value is -1.66. The van der Waals surface area contributed by atoms with Crippen LogP contribution in [0.5, 0.6) is 0 Å². The molecule has 25 heavy (non-hydrogen) atoms. The summed E-state index contributed by atoms with van der Waals surface area (Å²) in [6, 6.07) is 12.7. The molecule has 3 nitrogen and oxygen atoms in total. The zero-order valence-corrected chi connectivity index (χ0v) is 16.1. The first-order valence-corrected chi connectivity index (χ1v) is 10.0. The molecule has 0 radical (unpaired) electrons. The zero-order valence-electron chi connectivity index (χ0n) is 13.0. The Bertz CT molecular complexity index is 875. The molecule has 2 aromatic carbocycles. The first-order valence-electron chi connectivity index (χ1n) is 7.33. The van der Waals surface area contributed by atoms with Gasteiger partial charge in [0.05, 0.1) is 21.3 Å². The molecule has 0 atom stereocenters. The molecular formula is C18H14Cl2N2OS2. The highest BCUT2D eigenvalue weighted by molar-refractivity contribution is 7.98. The topological polar surface area (TPSA) is 55.1 Å². The number of carbonyl (C=O) groups excluding carboxylic acids is 1. The molecule has 0 aliphatic rings. The van der Waals surface area contributed by atoms with Gasteiger partial charge in [-0.1, -0.05) is 35.3 Å². The molecule has 0 bridgehead atoms. The summed E-state index contributed by atoms with van der Waals surface area (Å²) in [5, 5.41) is 7.59. The summed E-state index contributed by atoms with van der Waals surface area (Å²) < 4.78 is 0. The summed E-state index contributed by atoms with van der Waals surface area (Å²) >= 11 is 15.3. The van der Waals surface area contributed by atoms with Gasteiger partial charge in [0.2, 0.25) is 0 Å². The van der Waals surface area contributed by atoms with Crippen LogP contribution in [0.2, 0.25) is 10.0 Å². The van der Waals surface area contributed by atoms with Crippen molar-refractivity contribution < 1.29 is 4.79 Å². The van der Waals surface area contributed by atoms with Crippen molar-refractivity contribution >= 4 is 63.6 Å². The van der Waals surface area contributed by atoms with Gasteiger partial charge in [-0.05, 0) is 46.7 Å². The van der Waals surface area contributed by atoms with Gasteiger partial charge in [-0.15, -0.1) is 11.8 Å². The van der Waals surface area contributed by atoms with Crippen LogP contribution in [0.15, 0.2) is 58.1 Å². The summed E-state index contributed by atoms with van der Waals surface area (Å²) in [5.74, 6) is 0.596. The van der Waals surface area contributed by atoms with E-state index in [1.165, 1.54) is 5.56 Å². The smallest absolute Gasteiger partial charge is 0.256 e. The van der Waals surface area contributed by atoms with Crippen LogP contribution in [0.1, 0.15) is 15.9 Å². The molecule has 0 saturated carbocycles. The van der Waals surface area contributed by atoms with Crippen LogP contribution in [-0.2, 0) is 5.75 Å². The highest BCUT2D eigenvalue weighted by Crippen LogP contribution is 2.32. The number of amides is 1. The lowest BCUT2D eigenvalue weighted by atomic mass is 10.2. The van der Waals surface area contributed by atoms with Crippen molar-refractivity contribution in [2.24, 2.45) is 0 Å². The minimum absolute atomic E-state index is 0.217. The van der Waals surface area contributed by atoms with Gasteiger partial charge in [0.1, 0.15) is 0 Å². The summed E-state index contributed by atoms with van der Waals surface area (Å²) in [6.07, 6.45) is 0. The number of nitrogens with one attached hydrogen (secondary N) is 1. The molecule has 0 aliphatic heterocycles. The van der Waals surface area contributed by atoms with E-state index in [4.69, 9.17) is 28.9 Å². The van der Waals surface area contributed by atoms with Crippen molar-refractivity contribution in [3.8, 4) is 0 Å². The Balaban J connectivity index is 1.78. The molecule has 7 heteroatoms. The molecule has 128 valence electrons. The van der Waals surface area contributed by atoms with Crippen molar-refractivity contribution in [2.45, 2.75) is 10.6 Å². The first kappa shape index (κ1) is 18.1. The third-order valence-electron chi connectivity index (χ3n) is 3.44. The molecular weight excluding hydrogens is 395 g/mol. The van der Waals surface area contributed by atoms with Crippen LogP contribution in [0.3, 0.4) is 0 Å². The fourth-order valence-corrected chi connectivity index (χ4v) is 4.42. The highest BCUT2D eigenvalue weighted by Gasteiger charge is 2.13. The van der Waals surface area contributed by atoms with Gasteiger partial charge >= 0.3 is 0 Å². The van der Waals surface area contributed by atoms with Crippen LogP contribution < -0.4 is 11.1 Å². The van der Waals surface area contributed by atoms with E-state index >= 15 is 0 Å². The van der Waals surface area contributed by atoms with E-state index in [2.05, 4.69) is 16.8 Å². The van der Waals surface area contributed by atoms with Gasteiger partial charge in [0, 0.05) is 16.3 Å². The lowest BCUT2D eigenvalue weighted by molar-refractivity contribution is 0.102. The number of anilines is 2. The monoisotopic (exact) mass is 408 g/mol. The molecule has 1 amide bonds. The van der Waals surface area contributed by atoms with Gasteiger partial charge < -0.3 is 11.1 Å². The maximum Gasteiger partial charge on any atom is 0.256 e. The van der Waals surface area contributed by atoms with Crippen molar-refractivity contribution in [1.29, 1.82) is 0 Å². The van der Waals surface area contributed by atoms with Gasteiger partial charge in [-0.25, -0.2) is 0 Å². The predicted octanol–water partition coefficient (Wildman–Crippen LogP) is 6.18. The van der Waals surface area contributed by atoms with Crippen LogP contribution in [0, 0.1) is 0 Å². The van der Waals surface area contributed by atoms with Crippen molar-refractivity contribution in [1.82, 2.24) is 0 Å². The van der Waals surface area contributed by atoms with E-state index in [1.807, 2.05) is 23.6 Å². The van der Waals surface area contributed by atoms with Gasteiger partial charge in [0.15, 0.2) is 0 Å². The van der Waals surface area contributed by atoms with Crippen LogP contribution in [0.25, 0.3) is 0 Å². The minimum atomic E-state index is -0.217. The third kappa shape index (κ3) is 4.50. The summed E-state index contributed by atoms with van der Waals surface area (Å²) in [5.41, 5.74) is 8.37. The summed E-state index contributed by atoms with van der Waals surface area (Å²) in [7, 11) is 0. The minimum Gasteiger partial charge on any atom is -0.396 e. The van der Waals surface area contributed by atoms with E-state index < -0.39 is 0 Å². The standard InChI is InChI=1S/C18H14Cl2N2OS2/c19-14-7-12(8-15(20)17(14)21)22-18(23)13-3-1-2-4-16(13)25-10-11-5-6-24-9-11/h1-9H,10,21H2,(H,22,23). The first-order chi connectivity index (χ1) is 12.0. The fraction of sp³-hybridized carbons (Fsp3) is 0.0556. The number of hydrogen-bond donors (Lipinski definition) is 2. The maximum absolute atomic E-state index is 12.7. The van der Waals surface area contributed by atoms with Crippen LogP contribution in [-0.4, -0.2) is 5.91 Å². The lowest BCUT2D eigenvalue weighted by Gasteiger charge is -2.11. The third-order valence-corrected chi connectivity index (χ3v) is 5.95. The van der Waals surface area contributed by atoms with Gasteiger partial charge in [0.25, 0.3) is 5.91 Å². The molecule has 0 fully saturated rings. The molecule has 0 saturated heterocycles. The molecule has 3 aromatic rings. The average molecular weight is 409 g/mol. The predicted molar refractivity (Wildman–Crippen MR) is 109 cm³/mol. The second-order valence-corrected chi connectivity index (χ2v) is 7.84. The Morgan fingerprint density at radius 2 is 1.88 bits per heavy atom. The number of thiophene rings is 1. The van der Waals surface area contributed by atoms with Gasteiger partial charge in [-0.2, -0.15) is 11.3 Å². The SMILES string of the molecule is Nc1c(Cl)cc(NC(=O)c2ccccc2SCc2ccsc2)cc1Cl. The number of nitrogens with two attached hydrogens (primary N) is 1. The van der Waals surface area contributed by atoms with E-state index in [-0.39, 0.29) is 5.91 Å². The molecule has 0 spiro atoms. The summed E-state index contributed by atoms with van der Waals surface area (Å²) in [6.45, 7) is 0. The summed E-state index contributed by atoms with van der Waals surface area (Å²) in [4.78, 5) is 13.6. The average Bonchev–Trinajstić information content (AvgIpc) is 3.11. The fourth-order valence-electron chi connectivity index (χ4n) is 2.17. The molecule has 1 aromatic heterocycles. The molecule has 0 aliphatic carbocycles. The number of nitrogen functional groups attached to an aromatic ring is 1. The zero-order chi connectivity index (χ0) is 17.8. The van der Waals surface area contributed by atoms with Crippen molar-refractivity contribution in [3.63, 3.8) is 0 Å².